The van der Waals surface area contributed by atoms with Crippen LogP contribution in [0.1, 0.15) is 31.7 Å². The van der Waals surface area contributed by atoms with Gasteiger partial charge in [0.05, 0.1) is 0 Å². The van der Waals surface area contributed by atoms with Crippen molar-refractivity contribution in [2.45, 2.75) is 32.7 Å². The molecule has 0 unspecified atom stereocenters. The highest BCUT2D eigenvalue weighted by Crippen LogP contribution is 2.25. The molecule has 1 saturated heterocycles. The molecule has 2 aromatic rings. The lowest BCUT2D eigenvalue weighted by atomic mass is 9.99. The Morgan fingerprint density at radius 3 is 2.90 bits per heavy atom. The molecule has 1 fully saturated rings. The summed E-state index contributed by atoms with van der Waals surface area (Å²) in [6, 6.07) is 8.70. The molecule has 0 atom stereocenters. The van der Waals surface area contributed by atoms with Crippen molar-refractivity contribution in [3.63, 3.8) is 0 Å². The molecule has 3 heteroatoms. The summed E-state index contributed by atoms with van der Waals surface area (Å²) in [6.45, 7) is 8.36. The highest BCUT2D eigenvalue weighted by molar-refractivity contribution is 7.17. The summed E-state index contributed by atoms with van der Waals surface area (Å²) in [6.07, 6.45) is 4.03. The van der Waals surface area contributed by atoms with E-state index in [1.54, 1.807) is 0 Å². The van der Waals surface area contributed by atoms with E-state index >= 15 is 0 Å². The number of likely N-dealkylation sites (tertiary alicyclic amines) is 1. The van der Waals surface area contributed by atoms with Crippen LogP contribution in [0.15, 0.2) is 29.6 Å². The number of fused-ring (bicyclic) bond motifs is 1. The number of hydrogen-bond acceptors (Lipinski definition) is 3. The van der Waals surface area contributed by atoms with Crippen molar-refractivity contribution >= 4 is 21.4 Å². The summed E-state index contributed by atoms with van der Waals surface area (Å²) < 4.78 is 1.40. The zero-order valence-corrected chi connectivity index (χ0v) is 13.8. The molecule has 0 amide bonds. The number of piperidine rings is 1. The summed E-state index contributed by atoms with van der Waals surface area (Å²) >= 11 is 1.85. The van der Waals surface area contributed by atoms with Crippen molar-refractivity contribution in [1.82, 2.24) is 10.2 Å². The van der Waals surface area contributed by atoms with E-state index in [-0.39, 0.29) is 0 Å². The van der Waals surface area contributed by atoms with E-state index in [4.69, 9.17) is 0 Å². The summed E-state index contributed by atoms with van der Waals surface area (Å²) in [5.41, 5.74) is 1.45. The molecule has 0 aliphatic carbocycles. The van der Waals surface area contributed by atoms with Gasteiger partial charge in [-0.15, -0.1) is 11.3 Å². The van der Waals surface area contributed by atoms with Crippen molar-refractivity contribution in [2.24, 2.45) is 5.92 Å². The van der Waals surface area contributed by atoms with Crippen molar-refractivity contribution in [1.29, 1.82) is 0 Å². The van der Waals surface area contributed by atoms with Crippen LogP contribution in [0.2, 0.25) is 0 Å². The van der Waals surface area contributed by atoms with Gasteiger partial charge in [0.1, 0.15) is 0 Å². The zero-order valence-electron chi connectivity index (χ0n) is 13.0. The molecule has 0 saturated carbocycles. The standard InChI is InChI=1S/C18H26N2S/c1-15-7-11-20(12-8-15)10-4-9-19-13-16-14-21-18-6-3-2-5-17(16)18/h2-3,5-6,14-15,19H,4,7-13H2,1H3. The number of nitrogens with zero attached hydrogens (tertiary/aromatic N) is 1. The fourth-order valence-electron chi connectivity index (χ4n) is 3.11. The number of benzene rings is 1. The van der Waals surface area contributed by atoms with E-state index in [1.165, 1.54) is 54.5 Å². The predicted octanol–water partition coefficient (Wildman–Crippen LogP) is 4.11. The first-order valence-corrected chi connectivity index (χ1v) is 9.09. The van der Waals surface area contributed by atoms with Gasteiger partial charge in [0.15, 0.2) is 0 Å². The minimum Gasteiger partial charge on any atom is -0.313 e. The van der Waals surface area contributed by atoms with E-state index in [9.17, 15) is 0 Å². The molecule has 1 N–H and O–H groups in total. The number of rotatable bonds is 6. The lowest BCUT2D eigenvalue weighted by molar-refractivity contribution is 0.190. The normalized spacial score (nSPS) is 17.6. The van der Waals surface area contributed by atoms with Crippen molar-refractivity contribution < 1.29 is 0 Å². The number of nitrogens with one attached hydrogen (secondary N) is 1. The third kappa shape index (κ3) is 4.06. The maximum Gasteiger partial charge on any atom is 0.0346 e. The molecule has 1 aromatic heterocycles. The van der Waals surface area contributed by atoms with E-state index in [1.807, 2.05) is 11.3 Å². The monoisotopic (exact) mass is 302 g/mol. The van der Waals surface area contributed by atoms with Gasteiger partial charge >= 0.3 is 0 Å². The third-order valence-corrected chi connectivity index (χ3v) is 5.59. The Hall–Kier alpha value is -0.900. The summed E-state index contributed by atoms with van der Waals surface area (Å²) in [4.78, 5) is 2.63. The number of hydrogen-bond donors (Lipinski definition) is 1. The van der Waals surface area contributed by atoms with Gasteiger partial charge in [0, 0.05) is 11.2 Å². The first-order chi connectivity index (χ1) is 10.3. The molecule has 21 heavy (non-hydrogen) atoms. The molecule has 1 aliphatic heterocycles. The van der Waals surface area contributed by atoms with Gasteiger partial charge in [-0.05, 0) is 73.8 Å². The smallest absolute Gasteiger partial charge is 0.0346 e. The maximum absolute atomic E-state index is 3.61. The minimum atomic E-state index is 0.936. The second-order valence-electron chi connectivity index (χ2n) is 6.31. The lowest BCUT2D eigenvalue weighted by Gasteiger charge is -2.30. The molecule has 0 bridgehead atoms. The molecule has 0 spiro atoms. The van der Waals surface area contributed by atoms with Crippen LogP contribution >= 0.6 is 11.3 Å². The Balaban J connectivity index is 1.37. The van der Waals surface area contributed by atoms with E-state index < -0.39 is 0 Å². The Bertz CT molecular complexity index is 555. The van der Waals surface area contributed by atoms with Crippen LogP contribution in [-0.4, -0.2) is 31.1 Å². The average molecular weight is 302 g/mol. The fraction of sp³-hybridized carbons (Fsp3) is 0.556. The van der Waals surface area contributed by atoms with E-state index in [2.05, 4.69) is 46.8 Å². The van der Waals surface area contributed by atoms with E-state index in [0.29, 0.717) is 0 Å². The highest BCUT2D eigenvalue weighted by Gasteiger charge is 2.14. The van der Waals surface area contributed by atoms with Gasteiger partial charge in [0.25, 0.3) is 0 Å². The van der Waals surface area contributed by atoms with Crippen LogP contribution in [-0.2, 0) is 6.54 Å². The van der Waals surface area contributed by atoms with Gasteiger partial charge < -0.3 is 10.2 Å². The molecular formula is C18H26N2S. The molecule has 1 aliphatic rings. The van der Waals surface area contributed by atoms with Gasteiger partial charge in [-0.1, -0.05) is 25.1 Å². The molecular weight excluding hydrogens is 276 g/mol. The van der Waals surface area contributed by atoms with Crippen molar-refractivity contribution in [3.8, 4) is 0 Å². The van der Waals surface area contributed by atoms with Crippen LogP contribution in [0.25, 0.3) is 10.1 Å². The zero-order chi connectivity index (χ0) is 14.5. The molecule has 2 heterocycles. The first kappa shape index (κ1) is 15.0. The Kier molecular flexibility index (Phi) is 5.28. The highest BCUT2D eigenvalue weighted by atomic mass is 32.1. The molecule has 1 aromatic carbocycles. The number of thiophene rings is 1. The second-order valence-corrected chi connectivity index (χ2v) is 7.22. The summed E-state index contributed by atoms with van der Waals surface area (Å²) in [5, 5.41) is 7.32. The molecule has 114 valence electrons. The SMILES string of the molecule is CC1CCN(CCCNCc2csc3ccccc23)CC1. The second kappa shape index (κ2) is 7.39. The third-order valence-electron chi connectivity index (χ3n) is 4.58. The van der Waals surface area contributed by atoms with Crippen LogP contribution in [0, 0.1) is 5.92 Å². The van der Waals surface area contributed by atoms with E-state index in [0.717, 1.165) is 19.0 Å². The van der Waals surface area contributed by atoms with Crippen LogP contribution in [0.4, 0.5) is 0 Å². The Morgan fingerprint density at radius 1 is 1.24 bits per heavy atom. The maximum atomic E-state index is 3.61. The van der Waals surface area contributed by atoms with Crippen LogP contribution < -0.4 is 5.32 Å². The topological polar surface area (TPSA) is 15.3 Å². The van der Waals surface area contributed by atoms with Crippen LogP contribution in [0.3, 0.4) is 0 Å². The Labute approximate surface area is 132 Å². The predicted molar refractivity (Wildman–Crippen MR) is 93.0 cm³/mol. The summed E-state index contributed by atoms with van der Waals surface area (Å²) in [5.74, 6) is 0.936. The van der Waals surface area contributed by atoms with Gasteiger partial charge in [-0.25, -0.2) is 0 Å². The molecule has 0 radical (unpaired) electrons. The summed E-state index contributed by atoms with van der Waals surface area (Å²) in [7, 11) is 0. The first-order valence-electron chi connectivity index (χ1n) is 8.21. The quantitative estimate of drug-likeness (QED) is 0.808. The van der Waals surface area contributed by atoms with Crippen molar-refractivity contribution in [3.05, 3.63) is 35.2 Å². The minimum absolute atomic E-state index is 0.936. The van der Waals surface area contributed by atoms with Gasteiger partial charge in [0.2, 0.25) is 0 Å². The molecule has 3 rings (SSSR count). The molecule has 2 nitrogen and oxygen atoms in total. The van der Waals surface area contributed by atoms with Gasteiger partial charge in [-0.2, -0.15) is 0 Å². The van der Waals surface area contributed by atoms with Crippen molar-refractivity contribution in [2.75, 3.05) is 26.2 Å². The average Bonchev–Trinajstić information content (AvgIpc) is 2.92. The lowest BCUT2D eigenvalue weighted by Crippen LogP contribution is -2.34. The van der Waals surface area contributed by atoms with Gasteiger partial charge in [-0.3, -0.25) is 0 Å². The fourth-order valence-corrected chi connectivity index (χ4v) is 4.07. The van der Waals surface area contributed by atoms with Crippen LogP contribution in [0.5, 0.6) is 0 Å². The Morgan fingerprint density at radius 2 is 2.05 bits per heavy atom. The largest absolute Gasteiger partial charge is 0.313 e.